The average Bonchev–Trinajstić information content (AvgIpc) is 3.10. The summed E-state index contributed by atoms with van der Waals surface area (Å²) in [6, 6.07) is 6.72. The Labute approximate surface area is 136 Å². The number of benzene rings is 1. The van der Waals surface area contributed by atoms with Crippen molar-refractivity contribution in [2.45, 2.75) is 25.4 Å². The largest absolute Gasteiger partial charge is 0.385 e. The van der Waals surface area contributed by atoms with Gasteiger partial charge in [0.1, 0.15) is 0 Å². The van der Waals surface area contributed by atoms with Gasteiger partial charge in [-0.2, -0.15) is 0 Å². The van der Waals surface area contributed by atoms with Gasteiger partial charge in [-0.15, -0.1) is 0 Å². The molecule has 126 valence electrons. The lowest BCUT2D eigenvalue weighted by Crippen LogP contribution is -2.32. The van der Waals surface area contributed by atoms with E-state index in [1.165, 1.54) is 0 Å². The molecule has 0 spiro atoms. The monoisotopic (exact) mass is 320 g/mol. The Morgan fingerprint density at radius 3 is 2.65 bits per heavy atom. The van der Waals surface area contributed by atoms with Gasteiger partial charge in [0.05, 0.1) is 6.10 Å². The molecule has 1 aromatic rings. The number of amides is 2. The molecule has 2 amide bonds. The first-order chi connectivity index (χ1) is 11.2. The lowest BCUT2D eigenvalue weighted by Gasteiger charge is -2.11. The number of rotatable bonds is 8. The Morgan fingerprint density at radius 1 is 1.26 bits per heavy atom. The molecule has 1 aliphatic rings. The van der Waals surface area contributed by atoms with Gasteiger partial charge in [0.15, 0.2) is 0 Å². The van der Waals surface area contributed by atoms with Gasteiger partial charge in [0.25, 0.3) is 11.8 Å². The molecular formula is C17H24N2O4. The van der Waals surface area contributed by atoms with Crippen molar-refractivity contribution in [3.63, 3.8) is 0 Å². The van der Waals surface area contributed by atoms with Crippen LogP contribution >= 0.6 is 0 Å². The van der Waals surface area contributed by atoms with Gasteiger partial charge in [0, 0.05) is 44.5 Å². The first-order valence-electron chi connectivity index (χ1n) is 7.97. The number of hydrogen-bond acceptors (Lipinski definition) is 4. The van der Waals surface area contributed by atoms with Crippen LogP contribution in [0.2, 0.25) is 0 Å². The van der Waals surface area contributed by atoms with E-state index in [2.05, 4.69) is 10.6 Å². The van der Waals surface area contributed by atoms with E-state index in [0.717, 1.165) is 25.9 Å². The average molecular weight is 320 g/mol. The molecule has 1 atom stereocenters. The topological polar surface area (TPSA) is 76.7 Å². The van der Waals surface area contributed by atoms with Crippen LogP contribution in [0.1, 0.15) is 40.0 Å². The zero-order valence-electron chi connectivity index (χ0n) is 13.5. The predicted octanol–water partition coefficient (Wildman–Crippen LogP) is 1.36. The van der Waals surface area contributed by atoms with Crippen LogP contribution in [-0.4, -0.2) is 51.3 Å². The summed E-state index contributed by atoms with van der Waals surface area (Å²) in [5.41, 5.74) is 0.958. The molecule has 1 fully saturated rings. The van der Waals surface area contributed by atoms with Crippen molar-refractivity contribution in [2.24, 2.45) is 0 Å². The summed E-state index contributed by atoms with van der Waals surface area (Å²) in [5.74, 6) is -0.371. The van der Waals surface area contributed by atoms with E-state index in [1.54, 1.807) is 31.4 Å². The second kappa shape index (κ2) is 9.27. The summed E-state index contributed by atoms with van der Waals surface area (Å²) in [4.78, 5) is 24.2. The fraction of sp³-hybridized carbons (Fsp3) is 0.529. The molecule has 2 rings (SSSR count). The SMILES string of the molecule is COCCCNC(=O)c1cccc(C(=O)NCC2CCCO2)c1. The number of nitrogens with one attached hydrogen (secondary N) is 2. The van der Waals surface area contributed by atoms with E-state index in [9.17, 15) is 9.59 Å². The van der Waals surface area contributed by atoms with Crippen LogP contribution in [-0.2, 0) is 9.47 Å². The number of hydrogen-bond donors (Lipinski definition) is 2. The molecule has 0 radical (unpaired) electrons. The Hall–Kier alpha value is -1.92. The van der Waals surface area contributed by atoms with Crippen LogP contribution in [0.25, 0.3) is 0 Å². The minimum Gasteiger partial charge on any atom is -0.385 e. The first-order valence-corrected chi connectivity index (χ1v) is 7.97. The van der Waals surface area contributed by atoms with E-state index in [0.29, 0.717) is 30.8 Å². The Bertz CT molecular complexity index is 527. The van der Waals surface area contributed by atoms with E-state index in [-0.39, 0.29) is 17.9 Å². The van der Waals surface area contributed by atoms with E-state index >= 15 is 0 Å². The lowest BCUT2D eigenvalue weighted by molar-refractivity contribution is 0.0858. The number of methoxy groups -OCH3 is 1. The van der Waals surface area contributed by atoms with E-state index in [1.807, 2.05) is 0 Å². The zero-order valence-corrected chi connectivity index (χ0v) is 13.5. The smallest absolute Gasteiger partial charge is 0.251 e. The maximum atomic E-state index is 12.2. The number of carbonyl (C=O) groups excluding carboxylic acids is 2. The third kappa shape index (κ3) is 5.65. The molecule has 1 heterocycles. The van der Waals surface area contributed by atoms with Gasteiger partial charge in [-0.1, -0.05) is 6.07 Å². The van der Waals surface area contributed by atoms with Crippen LogP contribution in [0.4, 0.5) is 0 Å². The fourth-order valence-electron chi connectivity index (χ4n) is 2.44. The van der Waals surface area contributed by atoms with Gasteiger partial charge >= 0.3 is 0 Å². The summed E-state index contributed by atoms with van der Waals surface area (Å²) in [5, 5.41) is 5.66. The highest BCUT2D eigenvalue weighted by molar-refractivity contribution is 5.99. The highest BCUT2D eigenvalue weighted by atomic mass is 16.5. The standard InChI is InChI=1S/C17H24N2O4/c1-22-9-4-8-18-16(20)13-5-2-6-14(11-13)17(21)19-12-15-7-3-10-23-15/h2,5-6,11,15H,3-4,7-10,12H2,1H3,(H,18,20)(H,19,21). The summed E-state index contributed by atoms with van der Waals surface area (Å²) in [7, 11) is 1.63. The molecule has 0 aromatic heterocycles. The third-order valence-electron chi connectivity index (χ3n) is 3.71. The van der Waals surface area contributed by atoms with Crippen LogP contribution in [0.15, 0.2) is 24.3 Å². The molecule has 1 aliphatic heterocycles. The molecule has 0 bridgehead atoms. The number of ether oxygens (including phenoxy) is 2. The van der Waals surface area contributed by atoms with Crippen molar-refractivity contribution in [1.29, 1.82) is 0 Å². The van der Waals surface area contributed by atoms with Gasteiger partial charge in [-0.25, -0.2) is 0 Å². The van der Waals surface area contributed by atoms with Crippen LogP contribution < -0.4 is 10.6 Å². The summed E-state index contributed by atoms with van der Waals surface area (Å²) < 4.78 is 10.4. The zero-order chi connectivity index (χ0) is 16.5. The first kappa shape index (κ1) is 17.4. The maximum Gasteiger partial charge on any atom is 0.251 e. The van der Waals surface area contributed by atoms with Crippen molar-refractivity contribution in [1.82, 2.24) is 10.6 Å². The van der Waals surface area contributed by atoms with Crippen molar-refractivity contribution in [3.8, 4) is 0 Å². The van der Waals surface area contributed by atoms with Crippen LogP contribution in [0.5, 0.6) is 0 Å². The Morgan fingerprint density at radius 2 is 2.00 bits per heavy atom. The summed E-state index contributed by atoms with van der Waals surface area (Å²) in [6.45, 7) is 2.42. The fourth-order valence-corrected chi connectivity index (χ4v) is 2.44. The normalized spacial score (nSPS) is 17.0. The minimum absolute atomic E-state index is 0.103. The number of carbonyl (C=O) groups is 2. The second-order valence-electron chi connectivity index (χ2n) is 5.53. The minimum atomic E-state index is -0.186. The quantitative estimate of drug-likeness (QED) is 0.709. The summed E-state index contributed by atoms with van der Waals surface area (Å²) >= 11 is 0. The third-order valence-corrected chi connectivity index (χ3v) is 3.71. The molecule has 0 saturated carbocycles. The lowest BCUT2D eigenvalue weighted by atomic mass is 10.1. The van der Waals surface area contributed by atoms with Gasteiger partial charge in [-0.3, -0.25) is 9.59 Å². The molecule has 6 heteroatoms. The van der Waals surface area contributed by atoms with Gasteiger partial charge in [-0.05, 0) is 37.5 Å². The Balaban J connectivity index is 1.85. The molecule has 1 saturated heterocycles. The molecule has 6 nitrogen and oxygen atoms in total. The second-order valence-corrected chi connectivity index (χ2v) is 5.53. The molecule has 23 heavy (non-hydrogen) atoms. The van der Waals surface area contributed by atoms with Gasteiger partial charge < -0.3 is 20.1 Å². The van der Waals surface area contributed by atoms with E-state index < -0.39 is 0 Å². The van der Waals surface area contributed by atoms with Crippen molar-refractivity contribution < 1.29 is 19.1 Å². The van der Waals surface area contributed by atoms with Crippen LogP contribution in [0.3, 0.4) is 0 Å². The summed E-state index contributed by atoms with van der Waals surface area (Å²) in [6.07, 6.45) is 2.87. The van der Waals surface area contributed by atoms with Crippen LogP contribution in [0, 0.1) is 0 Å². The molecule has 1 unspecified atom stereocenters. The van der Waals surface area contributed by atoms with E-state index in [4.69, 9.17) is 9.47 Å². The molecular weight excluding hydrogens is 296 g/mol. The highest BCUT2D eigenvalue weighted by Crippen LogP contribution is 2.11. The van der Waals surface area contributed by atoms with Crippen molar-refractivity contribution in [2.75, 3.05) is 33.4 Å². The Kier molecular flexibility index (Phi) is 7.03. The maximum absolute atomic E-state index is 12.2. The highest BCUT2D eigenvalue weighted by Gasteiger charge is 2.17. The molecule has 0 aliphatic carbocycles. The van der Waals surface area contributed by atoms with Crippen molar-refractivity contribution >= 4 is 11.8 Å². The van der Waals surface area contributed by atoms with Gasteiger partial charge in [0.2, 0.25) is 0 Å². The predicted molar refractivity (Wildman–Crippen MR) is 86.6 cm³/mol. The molecule has 1 aromatic carbocycles. The van der Waals surface area contributed by atoms with Crippen molar-refractivity contribution in [3.05, 3.63) is 35.4 Å². The molecule has 2 N–H and O–H groups in total.